The van der Waals surface area contributed by atoms with Crippen LogP contribution in [0.15, 0.2) is 10.3 Å². The lowest BCUT2D eigenvalue weighted by Crippen LogP contribution is -2.33. The lowest BCUT2D eigenvalue weighted by Gasteiger charge is -2.20. The van der Waals surface area contributed by atoms with E-state index < -0.39 is 14.9 Å². The van der Waals surface area contributed by atoms with E-state index in [-0.39, 0.29) is 20.3 Å². The van der Waals surface area contributed by atoms with Crippen molar-refractivity contribution >= 4 is 38.6 Å². The Morgan fingerprint density at radius 3 is 2.65 bits per heavy atom. The Morgan fingerprint density at radius 2 is 2.20 bits per heavy atom. The van der Waals surface area contributed by atoms with Gasteiger partial charge in [0, 0.05) is 18.7 Å². The molecule has 0 radical (unpaired) electrons. The maximum atomic E-state index is 12.6. The molecular formula is C11H15ClN2O4S2. The van der Waals surface area contributed by atoms with Gasteiger partial charge in [0.2, 0.25) is 0 Å². The fourth-order valence-electron chi connectivity index (χ4n) is 1.88. The van der Waals surface area contributed by atoms with Gasteiger partial charge in [0.25, 0.3) is 15.7 Å². The van der Waals surface area contributed by atoms with Gasteiger partial charge >= 0.3 is 0 Å². The summed E-state index contributed by atoms with van der Waals surface area (Å²) >= 11 is 6.49. The van der Waals surface area contributed by atoms with E-state index in [0.29, 0.717) is 6.54 Å². The summed E-state index contributed by atoms with van der Waals surface area (Å²) in [7, 11) is -3.68. The molecule has 1 fully saturated rings. The highest BCUT2D eigenvalue weighted by molar-refractivity contribution is 7.91. The Labute approximate surface area is 126 Å². The molecule has 9 heteroatoms. The van der Waals surface area contributed by atoms with Crippen LogP contribution in [0.1, 0.15) is 32.6 Å². The summed E-state index contributed by atoms with van der Waals surface area (Å²) in [6.07, 6.45) is 3.37. The van der Waals surface area contributed by atoms with E-state index in [1.807, 2.05) is 6.92 Å². The van der Waals surface area contributed by atoms with Crippen molar-refractivity contribution in [1.29, 1.82) is 0 Å². The number of hydrogen-bond acceptors (Lipinski definition) is 5. The molecule has 0 atom stereocenters. The molecule has 0 aliphatic heterocycles. The van der Waals surface area contributed by atoms with Crippen molar-refractivity contribution in [2.45, 2.75) is 42.9 Å². The fourth-order valence-corrected chi connectivity index (χ4v) is 5.40. The van der Waals surface area contributed by atoms with Crippen LogP contribution in [0.4, 0.5) is 5.69 Å². The highest BCUT2D eigenvalue weighted by atomic mass is 35.5. The predicted molar refractivity (Wildman–Crippen MR) is 77.8 cm³/mol. The van der Waals surface area contributed by atoms with Gasteiger partial charge in [0.1, 0.15) is 4.21 Å². The molecule has 112 valence electrons. The molecule has 0 amide bonds. The van der Waals surface area contributed by atoms with Gasteiger partial charge in [-0.2, -0.15) is 4.31 Å². The van der Waals surface area contributed by atoms with Crippen molar-refractivity contribution in [2.24, 2.45) is 0 Å². The standard InChI is InChI=1S/C11H15ClN2O4S2/c1-2-3-6-13(8-4-5-8)20(17,18)10-7-9(14(15)16)11(12)19-10/h7-8H,2-6H2,1H3. The van der Waals surface area contributed by atoms with E-state index in [0.717, 1.165) is 43.1 Å². The first kappa shape index (κ1) is 15.7. The molecule has 1 aromatic rings. The minimum absolute atomic E-state index is 0.0338. The second-order valence-corrected chi connectivity index (χ2v) is 8.45. The first-order valence-electron chi connectivity index (χ1n) is 6.33. The highest BCUT2D eigenvalue weighted by Gasteiger charge is 2.39. The maximum Gasteiger partial charge on any atom is 0.300 e. The molecule has 0 bridgehead atoms. The first-order chi connectivity index (χ1) is 9.37. The number of hydrogen-bond donors (Lipinski definition) is 0. The number of nitrogens with zero attached hydrogens (tertiary/aromatic N) is 2. The first-order valence-corrected chi connectivity index (χ1v) is 8.97. The van der Waals surface area contributed by atoms with Crippen LogP contribution >= 0.6 is 22.9 Å². The van der Waals surface area contributed by atoms with Gasteiger partial charge in [-0.05, 0) is 19.3 Å². The molecule has 0 spiro atoms. The van der Waals surface area contributed by atoms with Crippen molar-refractivity contribution in [2.75, 3.05) is 6.54 Å². The molecule has 0 saturated heterocycles. The maximum absolute atomic E-state index is 12.6. The summed E-state index contributed by atoms with van der Waals surface area (Å²) in [5, 5.41) is 10.8. The molecule has 1 heterocycles. The van der Waals surface area contributed by atoms with Crippen molar-refractivity contribution in [3.05, 3.63) is 20.5 Å². The van der Waals surface area contributed by atoms with Crippen molar-refractivity contribution in [3.8, 4) is 0 Å². The number of sulfonamides is 1. The van der Waals surface area contributed by atoms with Crippen LogP contribution in [0.2, 0.25) is 4.34 Å². The number of thiophene rings is 1. The van der Waals surface area contributed by atoms with Crippen LogP contribution in [0.25, 0.3) is 0 Å². The molecule has 1 aliphatic rings. The van der Waals surface area contributed by atoms with Crippen LogP contribution in [-0.2, 0) is 10.0 Å². The van der Waals surface area contributed by atoms with Crippen LogP contribution in [-0.4, -0.2) is 30.2 Å². The molecular weight excluding hydrogens is 324 g/mol. The highest BCUT2D eigenvalue weighted by Crippen LogP contribution is 2.40. The zero-order valence-electron chi connectivity index (χ0n) is 10.9. The van der Waals surface area contributed by atoms with E-state index in [2.05, 4.69) is 0 Å². The van der Waals surface area contributed by atoms with Gasteiger partial charge < -0.3 is 0 Å². The smallest absolute Gasteiger partial charge is 0.258 e. The largest absolute Gasteiger partial charge is 0.300 e. The Balaban J connectivity index is 2.32. The van der Waals surface area contributed by atoms with Gasteiger partial charge in [-0.25, -0.2) is 8.42 Å². The minimum Gasteiger partial charge on any atom is -0.258 e. The number of halogens is 1. The summed E-state index contributed by atoms with van der Waals surface area (Å²) in [4.78, 5) is 10.1. The Hall–Kier alpha value is -0.700. The molecule has 1 aromatic heterocycles. The number of unbranched alkanes of at least 4 members (excludes halogenated alkanes) is 1. The summed E-state index contributed by atoms with van der Waals surface area (Å²) in [5.41, 5.74) is -0.346. The summed E-state index contributed by atoms with van der Waals surface area (Å²) < 4.78 is 26.4. The van der Waals surface area contributed by atoms with Crippen molar-refractivity contribution < 1.29 is 13.3 Å². The monoisotopic (exact) mass is 338 g/mol. The third-order valence-corrected chi connectivity index (χ3v) is 6.83. The fraction of sp³-hybridized carbons (Fsp3) is 0.636. The van der Waals surface area contributed by atoms with Gasteiger partial charge in [-0.15, -0.1) is 11.3 Å². The molecule has 6 nitrogen and oxygen atoms in total. The summed E-state index contributed by atoms with van der Waals surface area (Å²) in [6, 6.07) is 1.09. The second kappa shape index (κ2) is 5.97. The zero-order valence-corrected chi connectivity index (χ0v) is 13.3. The Kier molecular flexibility index (Phi) is 4.68. The van der Waals surface area contributed by atoms with Crippen molar-refractivity contribution in [3.63, 3.8) is 0 Å². The quantitative estimate of drug-likeness (QED) is 0.564. The van der Waals surface area contributed by atoms with Gasteiger partial charge in [0.05, 0.1) is 4.92 Å². The van der Waals surface area contributed by atoms with Crippen LogP contribution in [0.3, 0.4) is 0 Å². The Morgan fingerprint density at radius 1 is 1.55 bits per heavy atom. The van der Waals surface area contributed by atoms with E-state index in [1.165, 1.54) is 4.31 Å². The van der Waals surface area contributed by atoms with E-state index in [4.69, 9.17) is 11.6 Å². The number of nitro groups is 1. The lowest BCUT2D eigenvalue weighted by atomic mass is 10.3. The van der Waals surface area contributed by atoms with Gasteiger partial charge in [-0.3, -0.25) is 10.1 Å². The topological polar surface area (TPSA) is 80.5 Å². The van der Waals surface area contributed by atoms with E-state index >= 15 is 0 Å². The predicted octanol–water partition coefficient (Wildman–Crippen LogP) is 3.26. The van der Waals surface area contributed by atoms with Crippen LogP contribution < -0.4 is 0 Å². The van der Waals surface area contributed by atoms with Gasteiger partial charge in [-0.1, -0.05) is 24.9 Å². The average molecular weight is 339 g/mol. The number of rotatable bonds is 7. The normalized spacial score (nSPS) is 15.8. The minimum atomic E-state index is -3.68. The van der Waals surface area contributed by atoms with E-state index in [9.17, 15) is 18.5 Å². The third-order valence-electron chi connectivity index (χ3n) is 3.09. The Bertz CT molecular complexity index is 610. The van der Waals surface area contributed by atoms with Crippen LogP contribution in [0.5, 0.6) is 0 Å². The summed E-state index contributed by atoms with van der Waals surface area (Å²) in [5.74, 6) is 0. The zero-order chi connectivity index (χ0) is 14.9. The van der Waals surface area contributed by atoms with Crippen LogP contribution in [0, 0.1) is 10.1 Å². The lowest BCUT2D eigenvalue weighted by molar-refractivity contribution is -0.384. The SMILES string of the molecule is CCCCN(C1CC1)S(=O)(=O)c1cc([N+](=O)[O-])c(Cl)s1. The third kappa shape index (κ3) is 3.13. The molecule has 1 saturated carbocycles. The molecule has 2 rings (SSSR count). The molecule has 0 aromatic carbocycles. The molecule has 1 aliphatic carbocycles. The molecule has 20 heavy (non-hydrogen) atoms. The van der Waals surface area contributed by atoms with Gasteiger partial charge in [0.15, 0.2) is 4.34 Å². The second-order valence-electron chi connectivity index (χ2n) is 4.68. The summed E-state index contributed by atoms with van der Waals surface area (Å²) in [6.45, 7) is 2.44. The molecule has 0 unspecified atom stereocenters. The molecule has 0 N–H and O–H groups in total. The van der Waals surface area contributed by atoms with E-state index in [1.54, 1.807) is 0 Å². The average Bonchev–Trinajstić information content (AvgIpc) is 3.10. The van der Waals surface area contributed by atoms with Crippen molar-refractivity contribution in [1.82, 2.24) is 4.31 Å².